The van der Waals surface area contributed by atoms with E-state index in [1.807, 2.05) is 0 Å². The molecular weight excluding hydrogens is 358 g/mol. The van der Waals surface area contributed by atoms with Crippen LogP contribution in [0.3, 0.4) is 0 Å². The lowest BCUT2D eigenvalue weighted by atomic mass is 10.3. The first kappa shape index (κ1) is 16.7. The van der Waals surface area contributed by atoms with Gasteiger partial charge < -0.3 is 9.73 Å². The minimum atomic E-state index is -0.836. The van der Waals surface area contributed by atoms with Crippen molar-refractivity contribution in [2.75, 3.05) is 5.32 Å². The molecule has 0 fully saturated rings. The summed E-state index contributed by atoms with van der Waals surface area (Å²) in [5, 5.41) is 2.63. The monoisotopic (exact) mass is 368 g/mol. The summed E-state index contributed by atoms with van der Waals surface area (Å²) in [6.45, 7) is 1.63. The van der Waals surface area contributed by atoms with Crippen molar-refractivity contribution in [3.05, 3.63) is 53.1 Å². The lowest BCUT2D eigenvalue weighted by molar-refractivity contribution is -0.115. The number of fused-ring (bicyclic) bond motifs is 1. The van der Waals surface area contributed by atoms with Gasteiger partial charge in [-0.1, -0.05) is 23.4 Å². The van der Waals surface area contributed by atoms with Crippen molar-refractivity contribution in [1.29, 1.82) is 0 Å². The number of halogens is 3. The number of oxazole rings is 1. The second-order valence-electron chi connectivity index (χ2n) is 4.97. The summed E-state index contributed by atoms with van der Waals surface area (Å²) in [5.41, 5.74) is 1.06. The van der Waals surface area contributed by atoms with Gasteiger partial charge in [-0.25, -0.2) is 13.8 Å². The molecule has 0 bridgehead atoms. The van der Waals surface area contributed by atoms with E-state index in [1.54, 1.807) is 25.1 Å². The van der Waals surface area contributed by atoms with Gasteiger partial charge in [-0.2, -0.15) is 0 Å². The van der Waals surface area contributed by atoms with Crippen LogP contribution < -0.4 is 5.32 Å². The molecule has 3 rings (SSSR count). The molecule has 0 spiro atoms. The Hall–Kier alpha value is -2.12. The maximum Gasteiger partial charge on any atom is 0.257 e. The van der Waals surface area contributed by atoms with Gasteiger partial charge >= 0.3 is 0 Å². The molecule has 1 N–H and O–H groups in total. The molecule has 1 amide bonds. The topological polar surface area (TPSA) is 55.1 Å². The lowest BCUT2D eigenvalue weighted by Gasteiger charge is -2.10. The van der Waals surface area contributed by atoms with E-state index in [0.717, 1.165) is 17.8 Å². The summed E-state index contributed by atoms with van der Waals surface area (Å²) >= 11 is 6.96. The van der Waals surface area contributed by atoms with Crippen LogP contribution in [0, 0.1) is 11.6 Å². The number of carbonyl (C=O) groups is 1. The van der Waals surface area contributed by atoms with E-state index in [4.69, 9.17) is 16.0 Å². The number of aromatic nitrogens is 1. The summed E-state index contributed by atoms with van der Waals surface area (Å²) in [6, 6.07) is 7.98. The highest BCUT2D eigenvalue weighted by Crippen LogP contribution is 2.29. The Kier molecular flexibility index (Phi) is 4.73. The van der Waals surface area contributed by atoms with E-state index in [1.165, 1.54) is 6.07 Å². The fraction of sp³-hybridized carbons (Fsp3) is 0.125. The Bertz CT molecular complexity index is 916. The normalized spacial score (nSPS) is 12.3. The van der Waals surface area contributed by atoms with E-state index in [0.29, 0.717) is 27.4 Å². The zero-order valence-corrected chi connectivity index (χ0v) is 13.9. The summed E-state index contributed by atoms with van der Waals surface area (Å²) < 4.78 is 32.0. The third-order valence-corrected chi connectivity index (χ3v) is 4.35. The zero-order chi connectivity index (χ0) is 17.3. The second kappa shape index (κ2) is 6.78. The van der Waals surface area contributed by atoms with Gasteiger partial charge in [0.05, 0.1) is 10.9 Å². The van der Waals surface area contributed by atoms with E-state index in [2.05, 4.69) is 10.3 Å². The highest BCUT2D eigenvalue weighted by molar-refractivity contribution is 8.00. The molecule has 3 aromatic rings. The summed E-state index contributed by atoms with van der Waals surface area (Å²) in [5.74, 6) is -2.00. The third kappa shape index (κ3) is 3.68. The number of carbonyl (C=O) groups excluding carboxylic acids is 1. The Labute approximate surface area is 145 Å². The average Bonchev–Trinajstić information content (AvgIpc) is 2.91. The minimum Gasteiger partial charge on any atom is -0.431 e. The number of amides is 1. The fourth-order valence-electron chi connectivity index (χ4n) is 1.96. The van der Waals surface area contributed by atoms with Gasteiger partial charge in [-0.3, -0.25) is 4.79 Å². The van der Waals surface area contributed by atoms with Crippen LogP contribution in [0.1, 0.15) is 6.92 Å². The zero-order valence-electron chi connectivity index (χ0n) is 12.3. The predicted octanol–water partition coefficient (Wildman–Crippen LogP) is 4.88. The lowest BCUT2D eigenvalue weighted by Crippen LogP contribution is -2.23. The molecule has 1 atom stereocenters. The third-order valence-electron chi connectivity index (χ3n) is 3.17. The molecule has 0 aliphatic carbocycles. The molecular formula is C16H11ClF2N2O2S. The summed E-state index contributed by atoms with van der Waals surface area (Å²) in [6.07, 6.45) is 0. The number of thioether (sulfide) groups is 1. The standard InChI is InChI=1S/C16H11ClF2N2O2S/c1-8(15(22)20-12-5-3-10(18)7-11(12)19)24-16-21-13-4-2-9(17)6-14(13)23-16/h2-8H,1H3,(H,20,22)/t8-/m1/s1. The molecule has 124 valence electrons. The Morgan fingerprint density at radius 1 is 1.29 bits per heavy atom. The number of rotatable bonds is 4. The number of nitrogens with zero attached hydrogens (tertiary/aromatic N) is 1. The first-order valence-corrected chi connectivity index (χ1v) is 8.17. The summed E-state index contributed by atoms with van der Waals surface area (Å²) in [7, 11) is 0. The minimum absolute atomic E-state index is 0.0850. The van der Waals surface area contributed by atoms with Crippen LogP contribution in [0.25, 0.3) is 11.1 Å². The second-order valence-corrected chi connectivity index (χ2v) is 6.69. The van der Waals surface area contributed by atoms with Crippen molar-refractivity contribution in [3.8, 4) is 0 Å². The van der Waals surface area contributed by atoms with Crippen LogP contribution in [0.4, 0.5) is 14.5 Å². The molecule has 0 unspecified atom stereocenters. The van der Waals surface area contributed by atoms with Crippen molar-refractivity contribution in [3.63, 3.8) is 0 Å². The van der Waals surface area contributed by atoms with Gasteiger partial charge in [0.25, 0.3) is 5.22 Å². The quantitative estimate of drug-likeness (QED) is 0.667. The van der Waals surface area contributed by atoms with Gasteiger partial charge in [0.1, 0.15) is 17.2 Å². The Morgan fingerprint density at radius 3 is 2.83 bits per heavy atom. The van der Waals surface area contributed by atoms with Crippen molar-refractivity contribution < 1.29 is 18.0 Å². The molecule has 1 heterocycles. The molecule has 0 saturated carbocycles. The highest BCUT2D eigenvalue weighted by Gasteiger charge is 2.19. The van der Waals surface area contributed by atoms with Crippen molar-refractivity contribution in [2.45, 2.75) is 17.4 Å². The molecule has 8 heteroatoms. The molecule has 0 aliphatic heterocycles. The number of nitrogens with one attached hydrogen (secondary N) is 1. The highest BCUT2D eigenvalue weighted by atomic mass is 35.5. The predicted molar refractivity (Wildman–Crippen MR) is 89.3 cm³/mol. The number of benzene rings is 2. The van der Waals surface area contributed by atoms with Crippen molar-refractivity contribution >= 4 is 46.1 Å². The largest absolute Gasteiger partial charge is 0.431 e. The number of hydrogen-bond acceptors (Lipinski definition) is 4. The van der Waals surface area contributed by atoms with E-state index >= 15 is 0 Å². The molecule has 0 saturated heterocycles. The van der Waals surface area contributed by atoms with E-state index in [9.17, 15) is 13.6 Å². The maximum atomic E-state index is 13.6. The van der Waals surface area contributed by atoms with Crippen LogP contribution in [0.5, 0.6) is 0 Å². The van der Waals surface area contributed by atoms with Crippen LogP contribution in [-0.2, 0) is 4.79 Å². The van der Waals surface area contributed by atoms with Gasteiger partial charge in [0.2, 0.25) is 5.91 Å². The van der Waals surface area contributed by atoms with E-state index < -0.39 is 22.8 Å². The van der Waals surface area contributed by atoms with Gasteiger partial charge in [-0.15, -0.1) is 0 Å². The van der Waals surface area contributed by atoms with Gasteiger partial charge in [0.15, 0.2) is 5.58 Å². The SMILES string of the molecule is C[C@@H](Sc1nc2ccc(Cl)cc2o1)C(=O)Nc1ccc(F)cc1F. The molecule has 0 radical (unpaired) electrons. The van der Waals surface area contributed by atoms with Crippen LogP contribution in [-0.4, -0.2) is 16.1 Å². The van der Waals surface area contributed by atoms with Gasteiger partial charge in [-0.05, 0) is 31.2 Å². The Morgan fingerprint density at radius 2 is 2.08 bits per heavy atom. The molecule has 1 aromatic heterocycles. The number of anilines is 1. The first-order chi connectivity index (χ1) is 11.4. The fourth-order valence-corrected chi connectivity index (χ4v) is 2.88. The molecule has 2 aromatic carbocycles. The van der Waals surface area contributed by atoms with E-state index in [-0.39, 0.29) is 5.69 Å². The maximum absolute atomic E-state index is 13.6. The smallest absolute Gasteiger partial charge is 0.257 e. The van der Waals surface area contributed by atoms with Crippen LogP contribution in [0.2, 0.25) is 5.02 Å². The van der Waals surface area contributed by atoms with Crippen LogP contribution >= 0.6 is 23.4 Å². The summed E-state index contributed by atoms with van der Waals surface area (Å²) in [4.78, 5) is 16.4. The number of hydrogen-bond donors (Lipinski definition) is 1. The van der Waals surface area contributed by atoms with Crippen molar-refractivity contribution in [2.24, 2.45) is 0 Å². The first-order valence-electron chi connectivity index (χ1n) is 6.91. The molecule has 4 nitrogen and oxygen atoms in total. The molecule has 24 heavy (non-hydrogen) atoms. The van der Waals surface area contributed by atoms with Crippen molar-refractivity contribution in [1.82, 2.24) is 4.98 Å². The Balaban J connectivity index is 1.70. The van der Waals surface area contributed by atoms with Gasteiger partial charge in [0, 0.05) is 17.2 Å². The molecule has 0 aliphatic rings. The average molecular weight is 369 g/mol. The van der Waals surface area contributed by atoms with Crippen LogP contribution in [0.15, 0.2) is 46.0 Å².